The molecule has 4 rings (SSSR count). The first-order valence-electron chi connectivity index (χ1n) is 10.6. The average molecular weight is 493 g/mol. The highest BCUT2D eigenvalue weighted by Gasteiger charge is 2.16. The fourth-order valence-electron chi connectivity index (χ4n) is 3.42. The van der Waals surface area contributed by atoms with Gasteiger partial charge in [-0.15, -0.1) is 11.3 Å². The molecule has 3 aromatic heterocycles. The number of allylic oxidation sites excluding steroid dienone is 2. The number of amides is 1. The van der Waals surface area contributed by atoms with Crippen molar-refractivity contribution in [1.82, 2.24) is 15.0 Å². The Bertz CT molecular complexity index is 1430. The Labute approximate surface area is 204 Å². The maximum absolute atomic E-state index is 13.8. The first kappa shape index (κ1) is 24.0. The smallest absolute Gasteiger partial charge is 0.412 e. The predicted molar refractivity (Wildman–Crippen MR) is 132 cm³/mol. The van der Waals surface area contributed by atoms with Crippen LogP contribution in [0.2, 0.25) is 0 Å². The molecule has 0 spiro atoms. The average Bonchev–Trinajstić information content (AvgIpc) is 3.33. The molecule has 3 heterocycles. The lowest BCUT2D eigenvalue weighted by molar-refractivity contribution is 0.104. The number of aromatic nitrogens is 3. The number of benzene rings is 1. The zero-order valence-electron chi connectivity index (χ0n) is 19.2. The van der Waals surface area contributed by atoms with Gasteiger partial charge in [0.25, 0.3) is 0 Å². The summed E-state index contributed by atoms with van der Waals surface area (Å²) in [6.45, 7) is 1.92. The largest absolute Gasteiger partial charge is 0.494 e. The number of anilines is 1. The minimum Gasteiger partial charge on any atom is -0.494 e. The van der Waals surface area contributed by atoms with Crippen LogP contribution in [0.5, 0.6) is 5.75 Å². The lowest BCUT2D eigenvalue weighted by Crippen LogP contribution is -2.11. The van der Waals surface area contributed by atoms with Crippen LogP contribution in [0.3, 0.4) is 0 Å². The molecule has 0 atom stereocenters. The van der Waals surface area contributed by atoms with Crippen molar-refractivity contribution >= 4 is 44.8 Å². The lowest BCUT2D eigenvalue weighted by Gasteiger charge is -2.08. The summed E-state index contributed by atoms with van der Waals surface area (Å²) < 4.78 is 24.2. The lowest BCUT2D eigenvalue weighted by atomic mass is 10.0. The Morgan fingerprint density at radius 3 is 2.66 bits per heavy atom. The van der Waals surface area contributed by atoms with Gasteiger partial charge in [0.15, 0.2) is 16.6 Å². The van der Waals surface area contributed by atoms with Crippen molar-refractivity contribution in [3.63, 3.8) is 0 Å². The molecule has 0 aliphatic rings. The number of pyridine rings is 2. The molecular weight excluding hydrogens is 471 g/mol. The zero-order valence-corrected chi connectivity index (χ0v) is 20.0. The van der Waals surface area contributed by atoms with Crippen LogP contribution in [0.15, 0.2) is 55.0 Å². The SMILES string of the molecule is CC/C(=C/C(=O)c1nc2c(-c3ccc(NC(=O)OC)nc3)cncc2s1)c1ccc(F)c(OC)c1. The van der Waals surface area contributed by atoms with Gasteiger partial charge in [0.1, 0.15) is 5.82 Å². The summed E-state index contributed by atoms with van der Waals surface area (Å²) in [4.78, 5) is 37.5. The summed E-state index contributed by atoms with van der Waals surface area (Å²) in [5, 5.41) is 2.80. The van der Waals surface area contributed by atoms with Crippen LogP contribution in [0.1, 0.15) is 28.7 Å². The minimum atomic E-state index is -0.616. The fourth-order valence-corrected chi connectivity index (χ4v) is 4.29. The molecule has 1 N–H and O–H groups in total. The van der Waals surface area contributed by atoms with Crippen LogP contribution in [-0.4, -0.2) is 41.0 Å². The summed E-state index contributed by atoms with van der Waals surface area (Å²) >= 11 is 1.24. The van der Waals surface area contributed by atoms with E-state index in [2.05, 4.69) is 25.0 Å². The Morgan fingerprint density at radius 1 is 1.14 bits per heavy atom. The zero-order chi connectivity index (χ0) is 24.9. The number of halogens is 1. The maximum Gasteiger partial charge on any atom is 0.412 e. The number of hydrogen-bond donors (Lipinski definition) is 1. The third kappa shape index (κ3) is 5.17. The van der Waals surface area contributed by atoms with Crippen LogP contribution < -0.4 is 10.1 Å². The topological polar surface area (TPSA) is 103 Å². The van der Waals surface area contributed by atoms with E-state index in [1.165, 1.54) is 37.7 Å². The van der Waals surface area contributed by atoms with E-state index in [1.54, 1.807) is 42.9 Å². The molecule has 0 aliphatic carbocycles. The van der Waals surface area contributed by atoms with Crippen molar-refractivity contribution in [2.75, 3.05) is 19.5 Å². The van der Waals surface area contributed by atoms with Crippen LogP contribution >= 0.6 is 11.3 Å². The summed E-state index contributed by atoms with van der Waals surface area (Å²) in [5.41, 5.74) is 3.50. The molecule has 178 valence electrons. The van der Waals surface area contributed by atoms with Gasteiger partial charge in [-0.2, -0.15) is 0 Å². The maximum atomic E-state index is 13.8. The van der Waals surface area contributed by atoms with Crippen molar-refractivity contribution in [2.24, 2.45) is 0 Å². The number of nitrogens with zero attached hydrogens (tertiary/aromatic N) is 3. The van der Waals surface area contributed by atoms with Crippen molar-refractivity contribution in [3.8, 4) is 16.9 Å². The normalized spacial score (nSPS) is 11.4. The summed E-state index contributed by atoms with van der Waals surface area (Å²) in [5.74, 6) is -0.267. The molecule has 0 unspecified atom stereocenters. The highest BCUT2D eigenvalue weighted by atomic mass is 32.1. The van der Waals surface area contributed by atoms with E-state index >= 15 is 0 Å². The summed E-state index contributed by atoms with van der Waals surface area (Å²) in [6.07, 6.45) is 6.36. The molecule has 10 heteroatoms. The molecule has 35 heavy (non-hydrogen) atoms. The first-order chi connectivity index (χ1) is 16.9. The Balaban J connectivity index is 1.65. The second kappa shape index (κ2) is 10.4. The van der Waals surface area contributed by atoms with Gasteiger partial charge in [-0.1, -0.05) is 13.0 Å². The number of methoxy groups -OCH3 is 2. The number of ether oxygens (including phenoxy) is 2. The number of thiazole rings is 1. The molecule has 0 aliphatic heterocycles. The predicted octanol–water partition coefficient (Wildman–Crippen LogP) is 5.76. The van der Waals surface area contributed by atoms with Gasteiger partial charge < -0.3 is 9.47 Å². The summed E-state index contributed by atoms with van der Waals surface area (Å²) in [7, 11) is 2.67. The third-order valence-electron chi connectivity index (χ3n) is 5.21. The molecule has 0 fully saturated rings. The molecule has 8 nitrogen and oxygen atoms in total. The van der Waals surface area contributed by atoms with E-state index in [0.717, 1.165) is 15.8 Å². The summed E-state index contributed by atoms with van der Waals surface area (Å²) in [6, 6.07) is 7.91. The molecular formula is C25H21FN4O4S. The van der Waals surface area contributed by atoms with E-state index in [9.17, 15) is 14.0 Å². The van der Waals surface area contributed by atoms with Gasteiger partial charge in [0.2, 0.25) is 5.78 Å². The molecule has 1 amide bonds. The van der Waals surface area contributed by atoms with Gasteiger partial charge in [-0.05, 0) is 47.9 Å². The number of fused-ring (bicyclic) bond motifs is 1. The first-order valence-corrected chi connectivity index (χ1v) is 11.4. The van der Waals surface area contributed by atoms with Crippen LogP contribution in [0.4, 0.5) is 15.0 Å². The van der Waals surface area contributed by atoms with Crippen molar-refractivity contribution in [3.05, 3.63) is 71.4 Å². The number of rotatable bonds is 7. The van der Waals surface area contributed by atoms with Crippen molar-refractivity contribution in [2.45, 2.75) is 13.3 Å². The van der Waals surface area contributed by atoms with E-state index in [0.29, 0.717) is 33.9 Å². The standard InChI is InChI=1S/C25H21FN4O4S/c1-4-14(15-5-7-18(26)20(10-15)33-2)9-19(31)24-30-23-17(12-27-13-21(23)35-24)16-6-8-22(28-11-16)29-25(32)34-3/h5-13H,4H2,1-3H3,(H,28,29,32)/b14-9-. The highest BCUT2D eigenvalue weighted by molar-refractivity contribution is 7.20. The van der Waals surface area contributed by atoms with E-state index < -0.39 is 11.9 Å². The van der Waals surface area contributed by atoms with E-state index in [-0.39, 0.29) is 11.5 Å². The quantitative estimate of drug-likeness (QED) is 0.259. The second-order valence-electron chi connectivity index (χ2n) is 7.34. The third-order valence-corrected chi connectivity index (χ3v) is 6.22. The number of carbonyl (C=O) groups is 2. The van der Waals surface area contributed by atoms with Gasteiger partial charge in [0.05, 0.1) is 24.4 Å². The van der Waals surface area contributed by atoms with Gasteiger partial charge in [0, 0.05) is 29.7 Å². The Morgan fingerprint density at radius 2 is 1.97 bits per heavy atom. The molecule has 0 bridgehead atoms. The number of carbonyl (C=O) groups excluding carboxylic acids is 2. The van der Waals surface area contributed by atoms with Gasteiger partial charge in [-0.25, -0.2) is 19.2 Å². The molecule has 0 radical (unpaired) electrons. The van der Waals surface area contributed by atoms with Crippen LogP contribution in [0.25, 0.3) is 26.9 Å². The molecule has 1 aromatic carbocycles. The monoisotopic (exact) mass is 492 g/mol. The Kier molecular flexibility index (Phi) is 7.11. The van der Waals surface area contributed by atoms with Crippen molar-refractivity contribution < 1.29 is 23.5 Å². The molecule has 0 saturated heterocycles. The van der Waals surface area contributed by atoms with Crippen molar-refractivity contribution in [1.29, 1.82) is 0 Å². The molecule has 0 saturated carbocycles. The highest BCUT2D eigenvalue weighted by Crippen LogP contribution is 2.32. The van der Waals surface area contributed by atoms with Crippen LogP contribution in [-0.2, 0) is 4.74 Å². The number of hydrogen-bond acceptors (Lipinski definition) is 8. The molecule has 4 aromatic rings. The van der Waals surface area contributed by atoms with Gasteiger partial charge >= 0.3 is 6.09 Å². The second-order valence-corrected chi connectivity index (χ2v) is 8.37. The fraction of sp³-hybridized carbons (Fsp3) is 0.160. The van der Waals surface area contributed by atoms with Gasteiger partial charge in [-0.3, -0.25) is 15.1 Å². The minimum absolute atomic E-state index is 0.117. The van der Waals surface area contributed by atoms with E-state index in [4.69, 9.17) is 4.74 Å². The number of nitrogens with one attached hydrogen (secondary N) is 1. The number of ketones is 1. The Hall–Kier alpha value is -4.18. The van der Waals surface area contributed by atoms with Crippen LogP contribution in [0, 0.1) is 5.82 Å². The van der Waals surface area contributed by atoms with E-state index in [1.807, 2.05) is 6.92 Å².